The molecular formula is C28H31N3O4. The number of ether oxygens (including phenoxy) is 2. The van der Waals surface area contributed by atoms with Crippen LogP contribution in [0.3, 0.4) is 0 Å². The van der Waals surface area contributed by atoms with E-state index >= 15 is 0 Å². The van der Waals surface area contributed by atoms with Gasteiger partial charge in [-0.1, -0.05) is 37.5 Å². The molecule has 1 aliphatic carbocycles. The van der Waals surface area contributed by atoms with E-state index in [1.54, 1.807) is 68.9 Å². The molecule has 1 unspecified atom stereocenters. The normalized spacial score (nSPS) is 14.6. The van der Waals surface area contributed by atoms with Gasteiger partial charge >= 0.3 is 0 Å². The molecule has 1 fully saturated rings. The number of amides is 2. The lowest BCUT2D eigenvalue weighted by molar-refractivity contribution is -0.123. The van der Waals surface area contributed by atoms with E-state index in [1.165, 1.54) is 11.3 Å². The SMILES string of the molecule is COc1ccc(N(C(=O)c2ccccn2)C(C(=O)NC2CCCCC2)c2cccc(OC)c2)cc1. The zero-order valence-electron chi connectivity index (χ0n) is 20.1. The van der Waals surface area contributed by atoms with Crippen LogP contribution >= 0.6 is 0 Å². The molecule has 0 radical (unpaired) electrons. The summed E-state index contributed by atoms with van der Waals surface area (Å²) < 4.78 is 10.7. The highest BCUT2D eigenvalue weighted by Gasteiger charge is 2.35. The van der Waals surface area contributed by atoms with Crippen molar-refractivity contribution in [1.82, 2.24) is 10.3 Å². The van der Waals surface area contributed by atoms with Gasteiger partial charge in [-0.05, 0) is 66.9 Å². The number of aromatic nitrogens is 1. The highest BCUT2D eigenvalue weighted by atomic mass is 16.5. The van der Waals surface area contributed by atoms with Gasteiger partial charge in [-0.15, -0.1) is 0 Å². The van der Waals surface area contributed by atoms with Gasteiger partial charge in [0.25, 0.3) is 5.91 Å². The molecule has 1 saturated carbocycles. The van der Waals surface area contributed by atoms with Gasteiger partial charge in [0, 0.05) is 17.9 Å². The van der Waals surface area contributed by atoms with E-state index < -0.39 is 6.04 Å². The Kier molecular flexibility index (Phi) is 7.98. The minimum absolute atomic E-state index is 0.0898. The number of hydrogen-bond acceptors (Lipinski definition) is 5. The van der Waals surface area contributed by atoms with Gasteiger partial charge in [0.15, 0.2) is 0 Å². The number of methoxy groups -OCH3 is 2. The fourth-order valence-corrected chi connectivity index (χ4v) is 4.50. The van der Waals surface area contributed by atoms with Gasteiger partial charge in [0.05, 0.1) is 14.2 Å². The van der Waals surface area contributed by atoms with Crippen LogP contribution in [0.25, 0.3) is 0 Å². The van der Waals surface area contributed by atoms with E-state index in [0.717, 1.165) is 25.7 Å². The third-order valence-electron chi connectivity index (χ3n) is 6.32. The molecule has 182 valence electrons. The summed E-state index contributed by atoms with van der Waals surface area (Å²) in [4.78, 5) is 33.6. The minimum atomic E-state index is -0.921. The molecule has 1 aromatic heterocycles. The van der Waals surface area contributed by atoms with Gasteiger partial charge in [-0.2, -0.15) is 0 Å². The largest absolute Gasteiger partial charge is 0.497 e. The molecule has 0 aliphatic heterocycles. The van der Waals surface area contributed by atoms with Crippen molar-refractivity contribution in [3.8, 4) is 11.5 Å². The van der Waals surface area contributed by atoms with Crippen molar-refractivity contribution in [3.63, 3.8) is 0 Å². The zero-order chi connectivity index (χ0) is 24.6. The van der Waals surface area contributed by atoms with Crippen LogP contribution in [-0.2, 0) is 4.79 Å². The topological polar surface area (TPSA) is 80.8 Å². The maximum atomic E-state index is 13.9. The van der Waals surface area contributed by atoms with E-state index in [1.807, 2.05) is 18.2 Å². The van der Waals surface area contributed by atoms with Gasteiger partial charge < -0.3 is 14.8 Å². The fourth-order valence-electron chi connectivity index (χ4n) is 4.50. The molecule has 7 heteroatoms. The van der Waals surface area contributed by atoms with Crippen molar-refractivity contribution in [2.75, 3.05) is 19.1 Å². The van der Waals surface area contributed by atoms with Gasteiger partial charge in [-0.25, -0.2) is 0 Å². The Morgan fingerprint density at radius 1 is 0.914 bits per heavy atom. The van der Waals surface area contributed by atoms with Crippen LogP contribution in [0.5, 0.6) is 11.5 Å². The average Bonchev–Trinajstić information content (AvgIpc) is 2.92. The molecule has 2 amide bonds. The first-order valence-corrected chi connectivity index (χ1v) is 11.9. The maximum absolute atomic E-state index is 13.9. The molecule has 0 spiro atoms. The molecule has 1 aliphatic rings. The standard InChI is InChI=1S/C28H31N3O4/c1-34-23-16-14-22(15-17-23)31(28(33)25-13-6-7-18-29-25)26(20-9-8-12-24(19-20)35-2)27(32)30-21-10-4-3-5-11-21/h6-9,12-19,21,26H,3-5,10-11H2,1-2H3,(H,30,32). The highest BCUT2D eigenvalue weighted by Crippen LogP contribution is 2.33. The van der Waals surface area contributed by atoms with Crippen LogP contribution in [0.2, 0.25) is 0 Å². The van der Waals surface area contributed by atoms with E-state index in [0.29, 0.717) is 22.7 Å². The summed E-state index contributed by atoms with van der Waals surface area (Å²) in [5.41, 5.74) is 1.47. The van der Waals surface area contributed by atoms with Gasteiger partial charge in [-0.3, -0.25) is 19.5 Å². The summed E-state index contributed by atoms with van der Waals surface area (Å²) >= 11 is 0. The first kappa shape index (κ1) is 24.3. The van der Waals surface area contributed by atoms with Crippen molar-refractivity contribution >= 4 is 17.5 Å². The Labute approximate surface area is 206 Å². The molecule has 1 N–H and O–H groups in total. The van der Waals surface area contributed by atoms with E-state index in [4.69, 9.17) is 9.47 Å². The molecular weight excluding hydrogens is 442 g/mol. The number of hydrogen-bond donors (Lipinski definition) is 1. The first-order valence-electron chi connectivity index (χ1n) is 11.9. The zero-order valence-corrected chi connectivity index (χ0v) is 20.1. The molecule has 35 heavy (non-hydrogen) atoms. The van der Waals surface area contributed by atoms with E-state index in [2.05, 4.69) is 10.3 Å². The molecule has 0 saturated heterocycles. The minimum Gasteiger partial charge on any atom is -0.497 e. The fraction of sp³-hybridized carbons (Fsp3) is 0.321. The second-order valence-corrected chi connectivity index (χ2v) is 8.61. The molecule has 3 aromatic rings. The van der Waals surface area contributed by atoms with Gasteiger partial charge in [0.1, 0.15) is 23.2 Å². The third kappa shape index (κ3) is 5.80. The Morgan fingerprint density at radius 2 is 1.66 bits per heavy atom. The van der Waals surface area contributed by atoms with E-state index in [-0.39, 0.29) is 23.6 Å². The van der Waals surface area contributed by atoms with Crippen molar-refractivity contribution in [1.29, 1.82) is 0 Å². The van der Waals surface area contributed by atoms with Gasteiger partial charge in [0.2, 0.25) is 5.91 Å². The quantitative estimate of drug-likeness (QED) is 0.501. The number of carbonyl (C=O) groups excluding carboxylic acids is 2. The summed E-state index contributed by atoms with van der Waals surface area (Å²) in [6.07, 6.45) is 6.80. The Balaban J connectivity index is 1.81. The van der Waals surface area contributed by atoms with Crippen LogP contribution in [0, 0.1) is 0 Å². The van der Waals surface area contributed by atoms with Crippen molar-refractivity contribution in [2.24, 2.45) is 0 Å². The summed E-state index contributed by atoms with van der Waals surface area (Å²) in [6.45, 7) is 0. The van der Waals surface area contributed by atoms with Crippen molar-refractivity contribution in [2.45, 2.75) is 44.2 Å². The molecule has 1 atom stereocenters. The molecule has 2 aromatic carbocycles. The summed E-state index contributed by atoms with van der Waals surface area (Å²) in [5, 5.41) is 3.22. The predicted octanol–water partition coefficient (Wildman–Crippen LogP) is 4.94. The maximum Gasteiger partial charge on any atom is 0.277 e. The van der Waals surface area contributed by atoms with Crippen LogP contribution < -0.4 is 19.7 Å². The molecule has 0 bridgehead atoms. The number of anilines is 1. The smallest absolute Gasteiger partial charge is 0.277 e. The number of nitrogens with zero attached hydrogens (tertiary/aromatic N) is 2. The van der Waals surface area contributed by atoms with E-state index in [9.17, 15) is 9.59 Å². The molecule has 4 rings (SSSR count). The lowest BCUT2D eigenvalue weighted by atomic mass is 9.94. The second-order valence-electron chi connectivity index (χ2n) is 8.61. The van der Waals surface area contributed by atoms with Crippen LogP contribution in [0.4, 0.5) is 5.69 Å². The number of pyridine rings is 1. The monoisotopic (exact) mass is 473 g/mol. The lowest BCUT2D eigenvalue weighted by Gasteiger charge is -2.33. The van der Waals surface area contributed by atoms with Crippen LogP contribution in [0.15, 0.2) is 72.9 Å². The average molecular weight is 474 g/mol. The first-order chi connectivity index (χ1) is 17.1. The highest BCUT2D eigenvalue weighted by molar-refractivity contribution is 6.09. The number of rotatable bonds is 8. The summed E-state index contributed by atoms with van der Waals surface area (Å²) in [7, 11) is 3.17. The number of carbonyl (C=O) groups is 2. The Morgan fingerprint density at radius 3 is 2.31 bits per heavy atom. The van der Waals surface area contributed by atoms with Crippen molar-refractivity contribution in [3.05, 3.63) is 84.2 Å². The Bertz CT molecular complexity index is 1130. The lowest BCUT2D eigenvalue weighted by Crippen LogP contribution is -2.47. The molecule has 1 heterocycles. The number of nitrogens with one attached hydrogen (secondary N) is 1. The third-order valence-corrected chi connectivity index (χ3v) is 6.32. The van der Waals surface area contributed by atoms with Crippen LogP contribution in [0.1, 0.15) is 54.2 Å². The summed E-state index contributed by atoms with van der Waals surface area (Å²) in [5.74, 6) is 0.661. The Hall–Kier alpha value is -3.87. The second kappa shape index (κ2) is 11.5. The predicted molar refractivity (Wildman–Crippen MR) is 135 cm³/mol. The number of benzene rings is 2. The molecule has 7 nitrogen and oxygen atoms in total. The van der Waals surface area contributed by atoms with Crippen molar-refractivity contribution < 1.29 is 19.1 Å². The summed E-state index contributed by atoms with van der Waals surface area (Å²) in [6, 6.07) is 18.7. The van der Waals surface area contributed by atoms with Crippen LogP contribution in [-0.4, -0.2) is 37.1 Å².